The molecule has 7 heteroatoms. The minimum Gasteiger partial charge on any atom is -0.497 e. The molecule has 1 N–H and O–H groups in total. The van der Waals surface area contributed by atoms with Gasteiger partial charge < -0.3 is 24.4 Å². The van der Waals surface area contributed by atoms with Crippen molar-refractivity contribution in [1.29, 1.82) is 0 Å². The number of para-hydroxylation sites is 1. The molecule has 3 rings (SSSR count). The number of methoxy groups -OCH3 is 2. The Morgan fingerprint density at radius 2 is 1.59 bits per heavy atom. The number of piperidine rings is 1. The van der Waals surface area contributed by atoms with Crippen LogP contribution in [0.4, 0.5) is 0 Å². The first-order valence-electron chi connectivity index (χ1n) is 9.58. The second-order valence-corrected chi connectivity index (χ2v) is 6.84. The Bertz CT molecular complexity index is 810. The van der Waals surface area contributed by atoms with Gasteiger partial charge in [0, 0.05) is 30.8 Å². The Kier molecular flexibility index (Phi) is 6.94. The smallest absolute Gasteiger partial charge is 0.258 e. The van der Waals surface area contributed by atoms with Gasteiger partial charge in [-0.25, -0.2) is 0 Å². The van der Waals surface area contributed by atoms with Crippen LogP contribution in [0.5, 0.6) is 17.2 Å². The van der Waals surface area contributed by atoms with Crippen LogP contribution in [0.15, 0.2) is 48.5 Å². The lowest BCUT2D eigenvalue weighted by molar-refractivity contribution is -0.124. The SMILES string of the molecule is COc1cc(OC)cc(C(=O)N2CCC(NC(=O)COc3ccccc3)CC2)c1. The van der Waals surface area contributed by atoms with Crippen LogP contribution in [0.3, 0.4) is 0 Å². The Morgan fingerprint density at radius 1 is 0.966 bits per heavy atom. The van der Waals surface area contributed by atoms with Crippen LogP contribution in [0, 0.1) is 0 Å². The first-order chi connectivity index (χ1) is 14.1. The molecule has 0 atom stereocenters. The largest absolute Gasteiger partial charge is 0.497 e. The normalized spacial score (nSPS) is 14.2. The highest BCUT2D eigenvalue weighted by Crippen LogP contribution is 2.24. The highest BCUT2D eigenvalue weighted by molar-refractivity contribution is 5.95. The van der Waals surface area contributed by atoms with Crippen molar-refractivity contribution < 1.29 is 23.8 Å². The number of amides is 2. The van der Waals surface area contributed by atoms with Crippen LogP contribution >= 0.6 is 0 Å². The molecule has 1 heterocycles. The number of benzene rings is 2. The Labute approximate surface area is 170 Å². The third kappa shape index (κ3) is 5.63. The van der Waals surface area contributed by atoms with E-state index in [1.165, 1.54) is 0 Å². The molecule has 0 bridgehead atoms. The summed E-state index contributed by atoms with van der Waals surface area (Å²) in [5, 5.41) is 2.98. The first kappa shape index (κ1) is 20.5. The molecule has 2 aromatic carbocycles. The summed E-state index contributed by atoms with van der Waals surface area (Å²) in [6, 6.07) is 14.4. The van der Waals surface area contributed by atoms with Crippen LogP contribution in [-0.2, 0) is 4.79 Å². The molecule has 0 aromatic heterocycles. The van der Waals surface area contributed by atoms with Gasteiger partial charge >= 0.3 is 0 Å². The molecule has 0 spiro atoms. The van der Waals surface area contributed by atoms with Gasteiger partial charge in [-0.1, -0.05) is 18.2 Å². The summed E-state index contributed by atoms with van der Waals surface area (Å²) in [4.78, 5) is 26.7. The van der Waals surface area contributed by atoms with Crippen LogP contribution in [-0.4, -0.2) is 56.7 Å². The number of nitrogens with one attached hydrogen (secondary N) is 1. The van der Waals surface area contributed by atoms with Crippen molar-refractivity contribution >= 4 is 11.8 Å². The maximum Gasteiger partial charge on any atom is 0.258 e. The van der Waals surface area contributed by atoms with Crippen molar-refractivity contribution in [2.45, 2.75) is 18.9 Å². The van der Waals surface area contributed by atoms with Gasteiger partial charge in [-0.2, -0.15) is 0 Å². The fourth-order valence-corrected chi connectivity index (χ4v) is 3.28. The van der Waals surface area contributed by atoms with Crippen molar-refractivity contribution in [3.63, 3.8) is 0 Å². The molecule has 1 aliphatic rings. The third-order valence-corrected chi connectivity index (χ3v) is 4.86. The van der Waals surface area contributed by atoms with Gasteiger partial charge in [-0.05, 0) is 37.1 Å². The van der Waals surface area contributed by atoms with E-state index in [0.717, 1.165) is 0 Å². The number of ether oxygens (including phenoxy) is 3. The highest BCUT2D eigenvalue weighted by atomic mass is 16.5. The van der Waals surface area contributed by atoms with Crippen LogP contribution in [0.2, 0.25) is 0 Å². The minimum absolute atomic E-state index is 0.0211. The zero-order valence-corrected chi connectivity index (χ0v) is 16.7. The van der Waals surface area contributed by atoms with Crippen molar-refractivity contribution in [3.05, 3.63) is 54.1 Å². The predicted molar refractivity (Wildman–Crippen MR) is 109 cm³/mol. The second-order valence-electron chi connectivity index (χ2n) is 6.84. The van der Waals surface area contributed by atoms with Crippen molar-refractivity contribution in [3.8, 4) is 17.2 Å². The van der Waals surface area contributed by atoms with E-state index in [9.17, 15) is 9.59 Å². The number of likely N-dealkylation sites (tertiary alicyclic amines) is 1. The molecule has 0 radical (unpaired) electrons. The standard InChI is InChI=1S/C22H26N2O5/c1-27-19-12-16(13-20(14-19)28-2)22(26)24-10-8-17(9-11-24)23-21(25)15-29-18-6-4-3-5-7-18/h3-7,12-14,17H,8-11,15H2,1-2H3,(H,23,25). The van der Waals surface area contributed by atoms with Gasteiger partial charge in [0.15, 0.2) is 6.61 Å². The summed E-state index contributed by atoms with van der Waals surface area (Å²) in [5.74, 6) is 1.59. The van der Waals surface area contributed by atoms with Crippen molar-refractivity contribution in [1.82, 2.24) is 10.2 Å². The third-order valence-electron chi connectivity index (χ3n) is 4.86. The molecule has 0 unspecified atom stereocenters. The van der Waals surface area contributed by atoms with E-state index in [1.54, 1.807) is 37.3 Å². The average Bonchev–Trinajstić information content (AvgIpc) is 2.78. The number of hydrogen-bond donors (Lipinski definition) is 1. The van der Waals surface area contributed by atoms with E-state index in [2.05, 4.69) is 5.32 Å². The van der Waals surface area contributed by atoms with E-state index < -0.39 is 0 Å². The summed E-state index contributed by atoms with van der Waals surface area (Å²) >= 11 is 0. The summed E-state index contributed by atoms with van der Waals surface area (Å²) in [6.07, 6.45) is 1.40. The second kappa shape index (κ2) is 9.82. The lowest BCUT2D eigenvalue weighted by Crippen LogP contribution is -2.47. The Morgan fingerprint density at radius 3 is 2.17 bits per heavy atom. The fraction of sp³-hybridized carbons (Fsp3) is 0.364. The quantitative estimate of drug-likeness (QED) is 0.776. The predicted octanol–water partition coefficient (Wildman–Crippen LogP) is 2.50. The molecule has 1 saturated heterocycles. The molecule has 2 aromatic rings. The van der Waals surface area contributed by atoms with Gasteiger partial charge in [0.1, 0.15) is 17.2 Å². The molecule has 0 aliphatic carbocycles. The summed E-state index contributed by atoms with van der Waals surface area (Å²) in [5.41, 5.74) is 0.528. The van der Waals surface area contributed by atoms with Crippen molar-refractivity contribution in [2.75, 3.05) is 33.9 Å². The highest BCUT2D eigenvalue weighted by Gasteiger charge is 2.25. The van der Waals surface area contributed by atoms with E-state index in [0.29, 0.717) is 48.7 Å². The van der Waals surface area contributed by atoms with E-state index in [-0.39, 0.29) is 24.5 Å². The molecule has 7 nitrogen and oxygen atoms in total. The number of carbonyl (C=O) groups excluding carboxylic acids is 2. The molecule has 154 valence electrons. The summed E-state index contributed by atoms with van der Waals surface area (Å²) in [6.45, 7) is 1.12. The number of nitrogens with zero attached hydrogens (tertiary/aromatic N) is 1. The van der Waals surface area contributed by atoms with Gasteiger partial charge in [-0.15, -0.1) is 0 Å². The Balaban J connectivity index is 1.48. The molecule has 1 aliphatic heterocycles. The topological polar surface area (TPSA) is 77.1 Å². The van der Waals surface area contributed by atoms with E-state index in [1.807, 2.05) is 30.3 Å². The summed E-state index contributed by atoms with van der Waals surface area (Å²) < 4.78 is 16.0. The van der Waals surface area contributed by atoms with Gasteiger partial charge in [0.05, 0.1) is 14.2 Å². The average molecular weight is 398 g/mol. The Hall–Kier alpha value is -3.22. The maximum absolute atomic E-state index is 12.8. The van der Waals surface area contributed by atoms with Gasteiger partial charge in [-0.3, -0.25) is 9.59 Å². The van der Waals surface area contributed by atoms with Crippen molar-refractivity contribution in [2.24, 2.45) is 0 Å². The number of rotatable bonds is 7. The maximum atomic E-state index is 12.8. The lowest BCUT2D eigenvalue weighted by Gasteiger charge is -2.32. The lowest BCUT2D eigenvalue weighted by atomic mass is 10.0. The molecule has 1 fully saturated rings. The number of hydrogen-bond acceptors (Lipinski definition) is 5. The zero-order valence-electron chi connectivity index (χ0n) is 16.7. The van der Waals surface area contributed by atoms with E-state index >= 15 is 0 Å². The van der Waals surface area contributed by atoms with Crippen LogP contribution < -0.4 is 19.5 Å². The molecule has 0 saturated carbocycles. The number of carbonyl (C=O) groups is 2. The van der Waals surface area contributed by atoms with Gasteiger partial charge in [0.2, 0.25) is 0 Å². The first-order valence-corrected chi connectivity index (χ1v) is 9.58. The minimum atomic E-state index is -0.156. The fourth-order valence-electron chi connectivity index (χ4n) is 3.28. The van der Waals surface area contributed by atoms with Crippen LogP contribution in [0.1, 0.15) is 23.2 Å². The zero-order chi connectivity index (χ0) is 20.6. The molecule has 29 heavy (non-hydrogen) atoms. The molecular formula is C22H26N2O5. The van der Waals surface area contributed by atoms with E-state index in [4.69, 9.17) is 14.2 Å². The molecular weight excluding hydrogens is 372 g/mol. The monoisotopic (exact) mass is 398 g/mol. The summed E-state index contributed by atoms with van der Waals surface area (Å²) in [7, 11) is 3.11. The van der Waals surface area contributed by atoms with Crippen LogP contribution in [0.25, 0.3) is 0 Å². The molecule has 2 amide bonds. The van der Waals surface area contributed by atoms with Gasteiger partial charge in [0.25, 0.3) is 11.8 Å².